The predicted molar refractivity (Wildman–Crippen MR) is 118 cm³/mol. The summed E-state index contributed by atoms with van der Waals surface area (Å²) in [6.07, 6.45) is 0. The van der Waals surface area contributed by atoms with Crippen LogP contribution >= 0.6 is 0 Å². The van der Waals surface area contributed by atoms with Crippen molar-refractivity contribution in [1.82, 2.24) is 14.5 Å². The van der Waals surface area contributed by atoms with E-state index in [0.29, 0.717) is 31.9 Å². The van der Waals surface area contributed by atoms with Gasteiger partial charge in [-0.15, -0.1) is 10.2 Å². The Bertz CT molecular complexity index is 1110. The molecule has 1 aliphatic rings. The van der Waals surface area contributed by atoms with Crippen LogP contribution in [0, 0.1) is 0 Å². The monoisotopic (exact) mass is 440 g/mol. The van der Waals surface area contributed by atoms with E-state index in [4.69, 9.17) is 9.47 Å². The molecule has 0 amide bonds. The highest BCUT2D eigenvalue weighted by molar-refractivity contribution is 7.89. The summed E-state index contributed by atoms with van der Waals surface area (Å²) in [5, 5.41) is 8.68. The molecule has 0 bridgehead atoms. The van der Waals surface area contributed by atoms with Crippen LogP contribution in [0.3, 0.4) is 0 Å². The molecule has 0 radical (unpaired) electrons. The fraction of sp³-hybridized carbons (Fsp3) is 0.273. The summed E-state index contributed by atoms with van der Waals surface area (Å²) in [6.45, 7) is 1.87. The highest BCUT2D eigenvalue weighted by Gasteiger charge is 2.29. The molecule has 4 rings (SSSR count). The second-order valence-electron chi connectivity index (χ2n) is 7.07. The molecule has 0 spiro atoms. The minimum absolute atomic E-state index is 0.269. The number of anilines is 1. The fourth-order valence-corrected chi connectivity index (χ4v) is 4.89. The first-order chi connectivity index (χ1) is 15.0. The third kappa shape index (κ3) is 4.47. The van der Waals surface area contributed by atoms with Crippen LogP contribution < -0.4 is 14.4 Å². The standard InChI is InChI=1S/C22H24N4O4S/c1-29-18-5-3-17(4-6-18)21-11-12-22(24-23-21)25-13-15-26(16-14-25)31(27,28)20-9-7-19(30-2)8-10-20/h3-12H,13-16H2,1-2H3. The molecule has 0 aliphatic carbocycles. The Balaban J connectivity index is 1.41. The Labute approximate surface area is 182 Å². The smallest absolute Gasteiger partial charge is 0.243 e. The first kappa shape index (κ1) is 21.1. The molecule has 3 aromatic rings. The van der Waals surface area contributed by atoms with Crippen LogP contribution in [-0.4, -0.2) is 63.3 Å². The summed E-state index contributed by atoms with van der Waals surface area (Å²) in [6, 6.07) is 17.9. The van der Waals surface area contributed by atoms with Gasteiger partial charge in [0.05, 0.1) is 24.8 Å². The maximum absolute atomic E-state index is 12.9. The van der Waals surface area contributed by atoms with Gasteiger partial charge in [0, 0.05) is 31.7 Å². The second kappa shape index (κ2) is 8.91. The van der Waals surface area contributed by atoms with Crippen LogP contribution in [-0.2, 0) is 10.0 Å². The molecule has 0 atom stereocenters. The van der Waals surface area contributed by atoms with E-state index < -0.39 is 10.0 Å². The number of aromatic nitrogens is 2. The fourth-order valence-electron chi connectivity index (χ4n) is 3.46. The average molecular weight is 441 g/mol. The summed E-state index contributed by atoms with van der Waals surface area (Å²) >= 11 is 0. The van der Waals surface area contributed by atoms with Crippen molar-refractivity contribution in [2.45, 2.75) is 4.90 Å². The number of benzene rings is 2. The van der Waals surface area contributed by atoms with Crippen molar-refractivity contribution in [3.05, 3.63) is 60.7 Å². The lowest BCUT2D eigenvalue weighted by Gasteiger charge is -2.34. The molecule has 31 heavy (non-hydrogen) atoms. The van der Waals surface area contributed by atoms with Crippen molar-refractivity contribution in [1.29, 1.82) is 0 Å². The quantitative estimate of drug-likeness (QED) is 0.583. The van der Waals surface area contributed by atoms with Gasteiger partial charge in [-0.1, -0.05) is 0 Å². The molecule has 0 saturated carbocycles. The van der Waals surface area contributed by atoms with Gasteiger partial charge in [0.15, 0.2) is 5.82 Å². The molecule has 0 N–H and O–H groups in total. The van der Waals surface area contributed by atoms with Gasteiger partial charge in [-0.3, -0.25) is 0 Å². The van der Waals surface area contributed by atoms with Crippen molar-refractivity contribution in [3.63, 3.8) is 0 Å². The summed E-state index contributed by atoms with van der Waals surface area (Å²) < 4.78 is 37.6. The molecule has 1 aromatic heterocycles. The van der Waals surface area contributed by atoms with Crippen molar-refractivity contribution in [2.75, 3.05) is 45.3 Å². The molecular formula is C22H24N4O4S. The van der Waals surface area contributed by atoms with Gasteiger partial charge in [-0.25, -0.2) is 8.42 Å². The molecular weight excluding hydrogens is 416 g/mol. The molecule has 9 heteroatoms. The van der Waals surface area contributed by atoms with Gasteiger partial charge in [0.25, 0.3) is 0 Å². The molecule has 1 aliphatic heterocycles. The van der Waals surface area contributed by atoms with Crippen molar-refractivity contribution >= 4 is 15.8 Å². The van der Waals surface area contributed by atoms with Gasteiger partial charge in [-0.05, 0) is 60.7 Å². The van der Waals surface area contributed by atoms with E-state index in [-0.39, 0.29) is 4.90 Å². The van der Waals surface area contributed by atoms with Gasteiger partial charge < -0.3 is 14.4 Å². The van der Waals surface area contributed by atoms with Crippen LogP contribution in [0.1, 0.15) is 0 Å². The second-order valence-corrected chi connectivity index (χ2v) is 9.01. The highest BCUT2D eigenvalue weighted by atomic mass is 32.2. The zero-order valence-electron chi connectivity index (χ0n) is 17.4. The number of hydrogen-bond acceptors (Lipinski definition) is 7. The number of sulfonamides is 1. The Hall–Kier alpha value is -3.17. The van der Waals surface area contributed by atoms with Gasteiger partial charge >= 0.3 is 0 Å². The Morgan fingerprint density at radius 3 is 1.84 bits per heavy atom. The molecule has 1 saturated heterocycles. The summed E-state index contributed by atoms with van der Waals surface area (Å²) in [7, 11) is -0.355. The number of piperazine rings is 1. The number of rotatable bonds is 6. The van der Waals surface area contributed by atoms with Crippen molar-refractivity contribution < 1.29 is 17.9 Å². The zero-order chi connectivity index (χ0) is 21.8. The molecule has 2 heterocycles. The average Bonchev–Trinajstić information content (AvgIpc) is 2.84. The van der Waals surface area contributed by atoms with E-state index >= 15 is 0 Å². The lowest BCUT2D eigenvalue weighted by molar-refractivity contribution is 0.383. The summed E-state index contributed by atoms with van der Waals surface area (Å²) in [4.78, 5) is 2.32. The summed E-state index contributed by atoms with van der Waals surface area (Å²) in [5.74, 6) is 2.15. The van der Waals surface area contributed by atoms with Crippen molar-refractivity contribution in [3.8, 4) is 22.8 Å². The number of ether oxygens (including phenoxy) is 2. The van der Waals surface area contributed by atoms with E-state index in [9.17, 15) is 8.42 Å². The normalized spacial score (nSPS) is 15.0. The van der Waals surface area contributed by atoms with E-state index in [2.05, 4.69) is 10.2 Å². The van der Waals surface area contributed by atoms with Gasteiger partial charge in [0.2, 0.25) is 10.0 Å². The Morgan fingerprint density at radius 2 is 1.32 bits per heavy atom. The van der Waals surface area contributed by atoms with E-state index in [1.54, 1.807) is 38.5 Å². The van der Waals surface area contributed by atoms with Crippen LogP contribution in [0.25, 0.3) is 11.3 Å². The summed E-state index contributed by atoms with van der Waals surface area (Å²) in [5.41, 5.74) is 1.72. The molecule has 1 fully saturated rings. The first-order valence-electron chi connectivity index (χ1n) is 9.88. The lowest BCUT2D eigenvalue weighted by atomic mass is 10.1. The van der Waals surface area contributed by atoms with Crippen LogP contribution in [0.2, 0.25) is 0 Å². The van der Waals surface area contributed by atoms with Gasteiger partial charge in [0.1, 0.15) is 11.5 Å². The Morgan fingerprint density at radius 1 is 0.742 bits per heavy atom. The molecule has 2 aromatic carbocycles. The predicted octanol–water partition coefficient (Wildman–Crippen LogP) is 2.67. The third-order valence-electron chi connectivity index (χ3n) is 5.30. The van der Waals surface area contributed by atoms with Gasteiger partial charge in [-0.2, -0.15) is 4.31 Å². The minimum atomic E-state index is -3.54. The molecule has 162 valence electrons. The van der Waals surface area contributed by atoms with Crippen LogP contribution in [0.4, 0.5) is 5.82 Å². The molecule has 8 nitrogen and oxygen atoms in total. The number of hydrogen-bond donors (Lipinski definition) is 0. The third-order valence-corrected chi connectivity index (χ3v) is 7.21. The van der Waals surface area contributed by atoms with Crippen molar-refractivity contribution in [2.24, 2.45) is 0 Å². The van der Waals surface area contributed by atoms with Crippen LogP contribution in [0.5, 0.6) is 11.5 Å². The number of nitrogens with zero attached hydrogens (tertiary/aromatic N) is 4. The highest BCUT2D eigenvalue weighted by Crippen LogP contribution is 2.24. The van der Waals surface area contributed by atoms with Crippen LogP contribution in [0.15, 0.2) is 65.6 Å². The molecule has 0 unspecified atom stereocenters. The van der Waals surface area contributed by atoms with E-state index in [1.807, 2.05) is 41.3 Å². The largest absolute Gasteiger partial charge is 0.497 e. The Kier molecular flexibility index (Phi) is 6.06. The SMILES string of the molecule is COc1ccc(-c2ccc(N3CCN(S(=O)(=O)c4ccc(OC)cc4)CC3)nn2)cc1. The van der Waals surface area contributed by atoms with E-state index in [0.717, 1.165) is 22.8 Å². The lowest BCUT2D eigenvalue weighted by Crippen LogP contribution is -2.48. The zero-order valence-corrected chi connectivity index (χ0v) is 18.2. The maximum Gasteiger partial charge on any atom is 0.243 e. The first-order valence-corrected chi connectivity index (χ1v) is 11.3. The maximum atomic E-state index is 12.9. The van der Waals surface area contributed by atoms with E-state index in [1.165, 1.54) is 4.31 Å². The number of methoxy groups -OCH3 is 2. The topological polar surface area (TPSA) is 84.9 Å². The minimum Gasteiger partial charge on any atom is -0.497 e.